The van der Waals surface area contributed by atoms with Gasteiger partial charge in [0, 0.05) is 37.7 Å². The maximum absolute atomic E-state index is 6.23. The molecule has 3 aromatic rings. The number of benzene rings is 1. The summed E-state index contributed by atoms with van der Waals surface area (Å²) >= 11 is 6.23. The Labute approximate surface area is 145 Å². The van der Waals surface area contributed by atoms with E-state index in [0.717, 1.165) is 54.8 Å². The molecule has 1 aliphatic heterocycles. The Balaban J connectivity index is 1.39. The number of piperazine rings is 1. The molecule has 0 unspecified atom stereocenters. The highest BCUT2D eigenvalue weighted by molar-refractivity contribution is 6.31. The van der Waals surface area contributed by atoms with Gasteiger partial charge in [-0.05, 0) is 36.2 Å². The van der Waals surface area contributed by atoms with Crippen LogP contribution in [0.3, 0.4) is 0 Å². The van der Waals surface area contributed by atoms with Crippen LogP contribution in [-0.4, -0.2) is 50.9 Å². The number of aromatic nitrogens is 4. The van der Waals surface area contributed by atoms with Crippen LogP contribution in [-0.2, 0) is 6.54 Å². The number of halogens is 1. The predicted octanol–water partition coefficient (Wildman–Crippen LogP) is 2.41. The van der Waals surface area contributed by atoms with Crippen LogP contribution in [0.15, 0.2) is 36.7 Å². The zero-order valence-corrected chi connectivity index (χ0v) is 14.3. The summed E-state index contributed by atoms with van der Waals surface area (Å²) in [7, 11) is 0. The molecule has 24 heavy (non-hydrogen) atoms. The highest BCUT2D eigenvalue weighted by atomic mass is 35.5. The first-order valence-corrected chi connectivity index (χ1v) is 8.46. The minimum Gasteiger partial charge on any atom is -0.353 e. The number of nitrogens with zero attached hydrogens (tertiary/aromatic N) is 6. The molecule has 0 bridgehead atoms. The molecule has 0 saturated carbocycles. The van der Waals surface area contributed by atoms with Gasteiger partial charge in [0.05, 0.1) is 0 Å². The van der Waals surface area contributed by atoms with E-state index >= 15 is 0 Å². The minimum atomic E-state index is 0.772. The molecule has 4 rings (SSSR count). The van der Waals surface area contributed by atoms with Gasteiger partial charge in [-0.3, -0.25) is 4.90 Å². The van der Waals surface area contributed by atoms with Gasteiger partial charge in [-0.1, -0.05) is 23.7 Å². The lowest BCUT2D eigenvalue weighted by Gasteiger charge is -2.35. The van der Waals surface area contributed by atoms with Crippen molar-refractivity contribution in [2.45, 2.75) is 13.5 Å². The van der Waals surface area contributed by atoms with Gasteiger partial charge in [0.25, 0.3) is 0 Å². The van der Waals surface area contributed by atoms with E-state index in [4.69, 9.17) is 11.6 Å². The van der Waals surface area contributed by atoms with Crippen molar-refractivity contribution in [2.24, 2.45) is 0 Å². The Kier molecular flexibility index (Phi) is 4.08. The van der Waals surface area contributed by atoms with Crippen molar-refractivity contribution in [3.63, 3.8) is 0 Å². The average molecular weight is 343 g/mol. The molecule has 0 spiro atoms. The summed E-state index contributed by atoms with van der Waals surface area (Å²) < 4.78 is 1.72. The van der Waals surface area contributed by atoms with Gasteiger partial charge in [-0.25, -0.2) is 0 Å². The molecule has 1 fully saturated rings. The van der Waals surface area contributed by atoms with Crippen molar-refractivity contribution in [1.29, 1.82) is 0 Å². The third-order valence-electron chi connectivity index (χ3n) is 4.49. The molecule has 1 aromatic carbocycles. The SMILES string of the molecule is Cc1ccc(CN2CCN(c3ccc4nncn4n3)CC2)cc1Cl. The molecule has 6 nitrogen and oxygen atoms in total. The fourth-order valence-electron chi connectivity index (χ4n) is 3.02. The van der Waals surface area contributed by atoms with Crippen molar-refractivity contribution < 1.29 is 0 Å². The highest BCUT2D eigenvalue weighted by Gasteiger charge is 2.18. The van der Waals surface area contributed by atoms with Crippen LogP contribution >= 0.6 is 11.6 Å². The van der Waals surface area contributed by atoms with Crippen LogP contribution in [0.25, 0.3) is 5.65 Å². The van der Waals surface area contributed by atoms with Crippen LogP contribution in [0.5, 0.6) is 0 Å². The predicted molar refractivity (Wildman–Crippen MR) is 94.5 cm³/mol. The topological polar surface area (TPSA) is 49.6 Å². The molecule has 124 valence electrons. The monoisotopic (exact) mass is 342 g/mol. The number of anilines is 1. The normalized spacial score (nSPS) is 16.0. The molecule has 0 radical (unpaired) electrons. The van der Waals surface area contributed by atoms with Crippen molar-refractivity contribution in [3.05, 3.63) is 52.8 Å². The molecular weight excluding hydrogens is 324 g/mol. The summed E-state index contributed by atoms with van der Waals surface area (Å²) in [6, 6.07) is 10.3. The van der Waals surface area contributed by atoms with Crippen LogP contribution in [0.1, 0.15) is 11.1 Å². The standard InChI is InChI=1S/C17H19ClN6/c1-13-2-3-14(10-15(13)18)11-22-6-8-23(9-7-22)17-5-4-16-20-19-12-24(16)21-17/h2-5,10,12H,6-9,11H2,1H3. The lowest BCUT2D eigenvalue weighted by Crippen LogP contribution is -2.46. The second-order valence-corrected chi connectivity index (χ2v) is 6.58. The van der Waals surface area contributed by atoms with Gasteiger partial charge in [0.15, 0.2) is 5.65 Å². The first-order valence-electron chi connectivity index (χ1n) is 8.08. The quantitative estimate of drug-likeness (QED) is 0.731. The molecular formula is C17H19ClN6. The third kappa shape index (κ3) is 3.07. The first kappa shape index (κ1) is 15.4. The van der Waals surface area contributed by atoms with Gasteiger partial charge in [0.2, 0.25) is 0 Å². The zero-order valence-electron chi connectivity index (χ0n) is 13.6. The number of aryl methyl sites for hydroxylation is 1. The number of hydrogen-bond donors (Lipinski definition) is 0. The maximum Gasteiger partial charge on any atom is 0.177 e. The fraction of sp³-hybridized carbons (Fsp3) is 0.353. The third-order valence-corrected chi connectivity index (χ3v) is 4.89. The Morgan fingerprint density at radius 3 is 2.71 bits per heavy atom. The Morgan fingerprint density at radius 1 is 1.08 bits per heavy atom. The van der Waals surface area contributed by atoms with Gasteiger partial charge in [0.1, 0.15) is 12.1 Å². The van der Waals surface area contributed by atoms with Gasteiger partial charge < -0.3 is 4.90 Å². The van der Waals surface area contributed by atoms with E-state index in [9.17, 15) is 0 Å². The van der Waals surface area contributed by atoms with E-state index in [-0.39, 0.29) is 0 Å². The lowest BCUT2D eigenvalue weighted by atomic mass is 10.1. The highest BCUT2D eigenvalue weighted by Crippen LogP contribution is 2.19. The molecule has 0 aliphatic carbocycles. The van der Waals surface area contributed by atoms with Crippen molar-refractivity contribution in [3.8, 4) is 0 Å². The molecule has 3 heterocycles. The minimum absolute atomic E-state index is 0.772. The molecule has 0 atom stereocenters. The van der Waals surface area contributed by atoms with E-state index in [2.05, 4.69) is 43.3 Å². The molecule has 0 N–H and O–H groups in total. The lowest BCUT2D eigenvalue weighted by molar-refractivity contribution is 0.249. The summed E-state index contributed by atoms with van der Waals surface area (Å²) in [5, 5.41) is 13.3. The van der Waals surface area contributed by atoms with Gasteiger partial charge in [-0.2, -0.15) is 4.52 Å². The van der Waals surface area contributed by atoms with E-state index in [1.54, 1.807) is 10.8 Å². The van der Waals surface area contributed by atoms with Crippen LogP contribution < -0.4 is 4.90 Å². The number of hydrogen-bond acceptors (Lipinski definition) is 5. The summed E-state index contributed by atoms with van der Waals surface area (Å²) in [5.74, 6) is 0.973. The van der Waals surface area contributed by atoms with E-state index in [1.165, 1.54) is 5.56 Å². The smallest absolute Gasteiger partial charge is 0.177 e. The second-order valence-electron chi connectivity index (χ2n) is 6.17. The molecule has 1 aliphatic rings. The van der Waals surface area contributed by atoms with Crippen molar-refractivity contribution >= 4 is 23.1 Å². The fourth-order valence-corrected chi connectivity index (χ4v) is 3.22. The van der Waals surface area contributed by atoms with Gasteiger partial charge >= 0.3 is 0 Å². The van der Waals surface area contributed by atoms with Crippen LogP contribution in [0.2, 0.25) is 5.02 Å². The summed E-state index contributed by atoms with van der Waals surface area (Å²) in [4.78, 5) is 4.76. The van der Waals surface area contributed by atoms with Crippen LogP contribution in [0.4, 0.5) is 5.82 Å². The maximum atomic E-state index is 6.23. The Hall–Kier alpha value is -2.18. The first-order chi connectivity index (χ1) is 11.7. The van der Waals surface area contributed by atoms with Crippen molar-refractivity contribution in [2.75, 3.05) is 31.1 Å². The zero-order chi connectivity index (χ0) is 16.5. The van der Waals surface area contributed by atoms with Crippen LogP contribution in [0, 0.1) is 6.92 Å². The average Bonchev–Trinajstić information content (AvgIpc) is 3.06. The second kappa shape index (κ2) is 6.37. The summed E-state index contributed by atoms with van der Waals surface area (Å²) in [6.45, 7) is 6.90. The Morgan fingerprint density at radius 2 is 1.92 bits per heavy atom. The largest absolute Gasteiger partial charge is 0.353 e. The Bertz CT molecular complexity index is 853. The number of fused-ring (bicyclic) bond motifs is 1. The molecule has 1 saturated heterocycles. The number of rotatable bonds is 3. The van der Waals surface area contributed by atoms with Gasteiger partial charge in [-0.15, -0.1) is 15.3 Å². The molecule has 2 aromatic heterocycles. The van der Waals surface area contributed by atoms with Crippen molar-refractivity contribution in [1.82, 2.24) is 24.7 Å². The summed E-state index contributed by atoms with van der Waals surface area (Å²) in [5.41, 5.74) is 3.16. The molecule has 0 amide bonds. The summed E-state index contributed by atoms with van der Waals surface area (Å²) in [6.07, 6.45) is 1.64. The van der Waals surface area contributed by atoms with E-state index in [1.807, 2.05) is 19.1 Å². The van der Waals surface area contributed by atoms with E-state index in [0.29, 0.717) is 0 Å². The van der Waals surface area contributed by atoms with E-state index < -0.39 is 0 Å². The molecule has 7 heteroatoms.